The molecule has 0 fully saturated rings. The van der Waals surface area contributed by atoms with Gasteiger partial charge in [0.25, 0.3) is 0 Å². The lowest BCUT2D eigenvalue weighted by Crippen LogP contribution is -2.50. The van der Waals surface area contributed by atoms with Crippen molar-refractivity contribution in [3.8, 4) is 22.3 Å². The Morgan fingerprint density at radius 2 is 1.02 bits per heavy atom. The number of rotatable bonds is 4. The van der Waals surface area contributed by atoms with Crippen LogP contribution in [0.5, 0.6) is 0 Å². The van der Waals surface area contributed by atoms with Crippen molar-refractivity contribution >= 4 is 90.2 Å². The fourth-order valence-electron chi connectivity index (χ4n) is 8.96. The minimum Gasteiger partial charge on any atom is -0.456 e. The van der Waals surface area contributed by atoms with Crippen molar-refractivity contribution in [1.82, 2.24) is 0 Å². The van der Waals surface area contributed by atoms with Crippen molar-refractivity contribution < 1.29 is 8.83 Å². The highest BCUT2D eigenvalue weighted by atomic mass is 28.3. The van der Waals surface area contributed by atoms with Crippen molar-refractivity contribution in [3.63, 3.8) is 0 Å². The Labute approximate surface area is 302 Å². The van der Waals surface area contributed by atoms with Gasteiger partial charge in [0.1, 0.15) is 30.4 Å². The van der Waals surface area contributed by atoms with Crippen molar-refractivity contribution in [1.29, 1.82) is 0 Å². The zero-order chi connectivity index (χ0) is 34.6. The van der Waals surface area contributed by atoms with Crippen LogP contribution in [0, 0.1) is 0 Å². The number of anilines is 3. The van der Waals surface area contributed by atoms with Gasteiger partial charge in [-0.25, -0.2) is 0 Å². The van der Waals surface area contributed by atoms with E-state index in [-0.39, 0.29) is 0 Å². The summed E-state index contributed by atoms with van der Waals surface area (Å²) in [4.78, 5) is 2.49. The SMILES string of the molecule is C[Si]1(C)c2ccc3oc4ccccc4c3c2-c2cccc(N(c3ccc(-c4cccc5ccccc45)cc3)c3cccc4oc5ccccc5c34)c21. The molecule has 0 N–H and O–H groups in total. The Hall–Kier alpha value is -6.36. The summed E-state index contributed by atoms with van der Waals surface area (Å²) >= 11 is 0. The molecule has 1 aliphatic rings. The molecular weight excluding hydrogens is 651 g/mol. The molecule has 0 amide bonds. The maximum Gasteiger partial charge on any atom is 0.137 e. The molecule has 0 atom stereocenters. The van der Waals surface area contributed by atoms with Gasteiger partial charge < -0.3 is 13.7 Å². The molecular formula is C48H33NO2Si. The van der Waals surface area contributed by atoms with Gasteiger partial charge in [0, 0.05) is 27.5 Å². The maximum atomic E-state index is 6.47. The molecule has 11 rings (SSSR count). The zero-order valence-electron chi connectivity index (χ0n) is 28.9. The molecule has 0 spiro atoms. The van der Waals surface area contributed by atoms with Crippen LogP contribution in [0.25, 0.3) is 76.9 Å². The van der Waals surface area contributed by atoms with Gasteiger partial charge in [0.15, 0.2) is 0 Å². The molecule has 0 aliphatic carbocycles. The maximum absolute atomic E-state index is 6.47. The number of fused-ring (bicyclic) bond motifs is 11. The normalized spacial score (nSPS) is 13.3. The van der Waals surface area contributed by atoms with Gasteiger partial charge >= 0.3 is 0 Å². The number of nitrogens with zero attached hydrogens (tertiary/aromatic N) is 1. The monoisotopic (exact) mass is 683 g/mol. The molecule has 2 aromatic heterocycles. The van der Waals surface area contributed by atoms with E-state index < -0.39 is 8.07 Å². The van der Waals surface area contributed by atoms with Gasteiger partial charge in [0.05, 0.1) is 11.1 Å². The van der Waals surface area contributed by atoms with E-state index in [1.165, 1.54) is 59.9 Å². The molecule has 52 heavy (non-hydrogen) atoms. The standard InChI is InChI=1S/C48H33NO2Si/c1-52(2)44-29-28-43-46(36-16-6-8-22-41(36)51-43)47(44)37-18-10-20-39(48(37)52)49(38-19-11-23-42-45(38)35-15-5-7-21-40(35)50-42)32-26-24-31(25-27-32)34-17-9-13-30-12-3-4-14-33(30)34/h3-29H,1-2H3. The van der Waals surface area contributed by atoms with Crippen LogP contribution in [0.15, 0.2) is 173 Å². The summed E-state index contributed by atoms with van der Waals surface area (Å²) in [6.07, 6.45) is 0. The second-order valence-electron chi connectivity index (χ2n) is 14.4. The second-order valence-corrected chi connectivity index (χ2v) is 18.7. The van der Waals surface area contributed by atoms with Crippen LogP contribution in [-0.4, -0.2) is 8.07 Å². The first-order chi connectivity index (χ1) is 25.6. The molecule has 3 heterocycles. The van der Waals surface area contributed by atoms with E-state index in [0.29, 0.717) is 0 Å². The first-order valence-electron chi connectivity index (χ1n) is 17.9. The molecule has 8 aromatic carbocycles. The topological polar surface area (TPSA) is 29.5 Å². The van der Waals surface area contributed by atoms with Crippen LogP contribution in [0.1, 0.15) is 0 Å². The highest BCUT2D eigenvalue weighted by molar-refractivity contribution is 7.05. The first kappa shape index (κ1) is 29.4. The summed E-state index contributed by atoms with van der Waals surface area (Å²) < 4.78 is 12.9. The molecule has 1 aliphatic heterocycles. The number of hydrogen-bond donors (Lipinski definition) is 0. The third-order valence-electron chi connectivity index (χ3n) is 11.2. The third kappa shape index (κ3) is 4.07. The lowest BCUT2D eigenvalue weighted by molar-refractivity contribution is 0.668. The van der Waals surface area contributed by atoms with Crippen molar-refractivity contribution in [2.45, 2.75) is 13.1 Å². The highest BCUT2D eigenvalue weighted by Gasteiger charge is 2.42. The summed E-state index contributed by atoms with van der Waals surface area (Å²) in [6.45, 7) is 5.01. The van der Waals surface area contributed by atoms with Crippen LogP contribution < -0.4 is 15.3 Å². The van der Waals surface area contributed by atoms with Crippen molar-refractivity contribution in [2.75, 3.05) is 4.90 Å². The van der Waals surface area contributed by atoms with E-state index >= 15 is 0 Å². The van der Waals surface area contributed by atoms with Crippen molar-refractivity contribution in [3.05, 3.63) is 164 Å². The minimum absolute atomic E-state index is 0.884. The first-order valence-corrected chi connectivity index (χ1v) is 20.9. The number of hydrogen-bond acceptors (Lipinski definition) is 3. The third-order valence-corrected chi connectivity index (χ3v) is 14.8. The van der Waals surface area contributed by atoms with E-state index in [1.807, 2.05) is 6.07 Å². The van der Waals surface area contributed by atoms with Gasteiger partial charge in [-0.2, -0.15) is 0 Å². The van der Waals surface area contributed by atoms with E-state index in [1.54, 1.807) is 0 Å². The van der Waals surface area contributed by atoms with Crippen LogP contribution in [0.2, 0.25) is 13.1 Å². The number of furan rings is 2. The van der Waals surface area contributed by atoms with E-state index in [9.17, 15) is 0 Å². The largest absolute Gasteiger partial charge is 0.456 e. The smallest absolute Gasteiger partial charge is 0.137 e. The summed E-state index contributed by atoms with van der Waals surface area (Å²) in [7, 11) is -2.24. The second kappa shape index (κ2) is 10.8. The quantitative estimate of drug-likeness (QED) is 0.173. The van der Waals surface area contributed by atoms with Crippen molar-refractivity contribution in [2.24, 2.45) is 0 Å². The molecule has 4 heteroatoms. The summed E-state index contributed by atoms with van der Waals surface area (Å²) in [5, 5.41) is 10.0. The zero-order valence-corrected chi connectivity index (χ0v) is 29.9. The molecule has 0 saturated heterocycles. The highest BCUT2D eigenvalue weighted by Crippen LogP contribution is 2.47. The Bertz CT molecular complexity index is 3050. The average molecular weight is 684 g/mol. The van der Waals surface area contributed by atoms with Gasteiger partial charge in [-0.3, -0.25) is 0 Å². The lowest BCUT2D eigenvalue weighted by atomic mass is 9.97. The molecule has 0 saturated carbocycles. The summed E-state index contributed by atoms with van der Waals surface area (Å²) in [6, 6.07) is 59.0. The molecule has 0 unspecified atom stereocenters. The fraction of sp³-hybridized carbons (Fsp3) is 0.0417. The van der Waals surface area contributed by atoms with Gasteiger partial charge in [-0.15, -0.1) is 0 Å². The van der Waals surface area contributed by atoms with Crippen LogP contribution >= 0.6 is 0 Å². The molecule has 0 bridgehead atoms. The van der Waals surface area contributed by atoms with Crippen LogP contribution in [-0.2, 0) is 0 Å². The predicted molar refractivity (Wildman–Crippen MR) is 221 cm³/mol. The molecule has 3 nitrogen and oxygen atoms in total. The van der Waals surface area contributed by atoms with E-state index in [4.69, 9.17) is 8.83 Å². The number of para-hydroxylation sites is 2. The molecule has 0 radical (unpaired) electrons. The fourth-order valence-corrected chi connectivity index (χ4v) is 12.3. The number of benzene rings is 8. The summed E-state index contributed by atoms with van der Waals surface area (Å²) in [5.41, 5.74) is 12.1. The molecule has 10 aromatic rings. The summed E-state index contributed by atoms with van der Waals surface area (Å²) in [5.74, 6) is 0. The Morgan fingerprint density at radius 3 is 1.81 bits per heavy atom. The molecule has 246 valence electrons. The Kier molecular flexibility index (Phi) is 6.11. The van der Waals surface area contributed by atoms with E-state index in [2.05, 4.69) is 176 Å². The minimum atomic E-state index is -2.24. The Morgan fingerprint density at radius 1 is 0.442 bits per heavy atom. The van der Waals surface area contributed by atoms with Gasteiger partial charge in [0.2, 0.25) is 0 Å². The predicted octanol–water partition coefficient (Wildman–Crippen LogP) is 12.6. The van der Waals surface area contributed by atoms with Gasteiger partial charge in [-0.1, -0.05) is 128 Å². The van der Waals surface area contributed by atoms with Crippen LogP contribution in [0.3, 0.4) is 0 Å². The van der Waals surface area contributed by atoms with Gasteiger partial charge in [-0.05, 0) is 91.9 Å². The van der Waals surface area contributed by atoms with Crippen LogP contribution in [0.4, 0.5) is 17.1 Å². The average Bonchev–Trinajstić information content (AvgIpc) is 3.83. The Balaban J connectivity index is 1.19. The lowest BCUT2D eigenvalue weighted by Gasteiger charge is -2.32. The van der Waals surface area contributed by atoms with E-state index in [0.717, 1.165) is 44.5 Å².